The summed E-state index contributed by atoms with van der Waals surface area (Å²) in [6, 6.07) is 0. The molecule has 66 valence electrons. The van der Waals surface area contributed by atoms with Crippen molar-refractivity contribution in [1.29, 1.82) is 0 Å². The summed E-state index contributed by atoms with van der Waals surface area (Å²) in [7, 11) is -3.33. The lowest BCUT2D eigenvalue weighted by Crippen LogP contribution is -2.21. The second-order valence-electron chi connectivity index (χ2n) is 1.99. The van der Waals surface area contributed by atoms with Crippen LogP contribution < -0.4 is 0 Å². The van der Waals surface area contributed by atoms with Gasteiger partial charge in [0.15, 0.2) is 6.10 Å². The molecule has 0 amide bonds. The largest absolute Gasteiger partial charge is 0.458 e. The minimum atomic E-state index is -3.33. The quantitative estimate of drug-likeness (QED) is 0.615. The van der Waals surface area contributed by atoms with Gasteiger partial charge >= 0.3 is 0 Å². The summed E-state index contributed by atoms with van der Waals surface area (Å²) < 4.78 is 38.2. The van der Waals surface area contributed by atoms with Gasteiger partial charge in [-0.3, -0.25) is 8.98 Å². The monoisotopic (exact) mass is 186 g/mol. The van der Waals surface area contributed by atoms with Crippen molar-refractivity contribution in [2.75, 3.05) is 5.75 Å². The summed E-state index contributed by atoms with van der Waals surface area (Å²) in [6.07, 6.45) is -3.14. The standard InChI is InChI=1S/C4H7FO5S/c5-4-3(9-2-6)1-11(7,8)10-4/h2-4,7-8H,1H2. The molecule has 1 saturated heterocycles. The van der Waals surface area contributed by atoms with Crippen molar-refractivity contribution in [2.24, 2.45) is 0 Å². The van der Waals surface area contributed by atoms with Crippen LogP contribution >= 0.6 is 10.9 Å². The van der Waals surface area contributed by atoms with Crippen LogP contribution in [0.3, 0.4) is 0 Å². The van der Waals surface area contributed by atoms with E-state index in [0.29, 0.717) is 0 Å². The molecule has 11 heavy (non-hydrogen) atoms. The van der Waals surface area contributed by atoms with Crippen LogP contribution in [0.1, 0.15) is 0 Å². The first kappa shape index (κ1) is 8.72. The minimum Gasteiger partial charge on any atom is -0.458 e. The lowest BCUT2D eigenvalue weighted by atomic mass is 10.4. The van der Waals surface area contributed by atoms with Gasteiger partial charge in [-0.05, 0) is 0 Å². The highest BCUT2D eigenvalue weighted by Crippen LogP contribution is 2.49. The van der Waals surface area contributed by atoms with E-state index >= 15 is 0 Å². The molecule has 1 rings (SSSR count). The number of hydrogen-bond donors (Lipinski definition) is 2. The first-order valence-electron chi connectivity index (χ1n) is 2.72. The van der Waals surface area contributed by atoms with E-state index in [-0.39, 0.29) is 6.47 Å². The van der Waals surface area contributed by atoms with Crippen molar-refractivity contribution in [1.82, 2.24) is 0 Å². The molecule has 2 atom stereocenters. The second kappa shape index (κ2) is 2.94. The third-order valence-electron chi connectivity index (χ3n) is 1.15. The van der Waals surface area contributed by atoms with Crippen molar-refractivity contribution < 1.29 is 27.2 Å². The summed E-state index contributed by atoms with van der Waals surface area (Å²) in [5, 5.41) is 0. The van der Waals surface area contributed by atoms with E-state index in [2.05, 4.69) is 8.92 Å². The topological polar surface area (TPSA) is 76.0 Å². The molecule has 1 aliphatic heterocycles. The Kier molecular flexibility index (Phi) is 2.33. The molecule has 1 aliphatic rings. The van der Waals surface area contributed by atoms with Gasteiger partial charge in [-0.15, -0.1) is 0 Å². The lowest BCUT2D eigenvalue weighted by molar-refractivity contribution is -0.139. The highest BCUT2D eigenvalue weighted by Gasteiger charge is 2.43. The van der Waals surface area contributed by atoms with E-state index in [0.717, 1.165) is 0 Å². The molecule has 0 aromatic rings. The van der Waals surface area contributed by atoms with E-state index in [4.69, 9.17) is 9.11 Å². The Balaban J connectivity index is 2.51. The Labute approximate surface area is 63.7 Å². The van der Waals surface area contributed by atoms with E-state index in [1.54, 1.807) is 0 Å². The number of carbonyl (C=O) groups is 1. The van der Waals surface area contributed by atoms with Crippen molar-refractivity contribution >= 4 is 17.3 Å². The van der Waals surface area contributed by atoms with Gasteiger partial charge in [-0.25, -0.2) is 4.39 Å². The molecule has 2 unspecified atom stereocenters. The zero-order valence-corrected chi connectivity index (χ0v) is 6.16. The van der Waals surface area contributed by atoms with E-state index in [1.165, 1.54) is 0 Å². The number of alkyl halides is 1. The molecule has 0 aromatic heterocycles. The summed E-state index contributed by atoms with van der Waals surface area (Å²) >= 11 is 0. The lowest BCUT2D eigenvalue weighted by Gasteiger charge is -2.16. The maximum Gasteiger partial charge on any atom is 0.293 e. The average Bonchev–Trinajstić information content (AvgIpc) is 2.07. The second-order valence-corrected chi connectivity index (χ2v) is 3.73. The molecule has 1 heterocycles. The van der Waals surface area contributed by atoms with Crippen LogP contribution in [-0.2, 0) is 13.7 Å². The van der Waals surface area contributed by atoms with Crippen LogP contribution in [0.4, 0.5) is 4.39 Å². The molecule has 2 N–H and O–H groups in total. The molecular formula is C4H7FO5S. The molecule has 0 saturated carbocycles. The highest BCUT2D eigenvalue weighted by atomic mass is 32.3. The molecular weight excluding hydrogens is 179 g/mol. The molecule has 5 nitrogen and oxygen atoms in total. The fourth-order valence-corrected chi connectivity index (χ4v) is 1.87. The first-order valence-corrected chi connectivity index (χ1v) is 4.36. The number of hydrogen-bond acceptors (Lipinski definition) is 5. The fraction of sp³-hybridized carbons (Fsp3) is 0.750. The molecule has 0 aliphatic carbocycles. The van der Waals surface area contributed by atoms with Crippen LogP contribution in [0, 0.1) is 0 Å². The number of rotatable bonds is 2. The smallest absolute Gasteiger partial charge is 0.293 e. The minimum absolute atomic E-state index is 0.0431. The SMILES string of the molecule is O=COC1CS(O)(O)OC1F. The van der Waals surface area contributed by atoms with Gasteiger partial charge in [-0.2, -0.15) is 0 Å². The van der Waals surface area contributed by atoms with Gasteiger partial charge in [0.25, 0.3) is 12.8 Å². The van der Waals surface area contributed by atoms with Crippen molar-refractivity contribution in [3.8, 4) is 0 Å². The van der Waals surface area contributed by atoms with E-state index in [9.17, 15) is 9.18 Å². The third-order valence-corrected chi connectivity index (χ3v) is 2.40. The van der Waals surface area contributed by atoms with Gasteiger partial charge in [0.05, 0.1) is 16.6 Å². The normalized spacial score (nSPS) is 38.1. The molecule has 0 spiro atoms. The Morgan fingerprint density at radius 1 is 1.73 bits per heavy atom. The van der Waals surface area contributed by atoms with Crippen LogP contribution in [0.15, 0.2) is 0 Å². The van der Waals surface area contributed by atoms with Crippen molar-refractivity contribution in [3.05, 3.63) is 0 Å². The predicted octanol–water partition coefficient (Wildman–Crippen LogP) is 0.519. The van der Waals surface area contributed by atoms with E-state index < -0.39 is 29.1 Å². The van der Waals surface area contributed by atoms with Crippen LogP contribution in [0.25, 0.3) is 0 Å². The van der Waals surface area contributed by atoms with E-state index in [1.807, 2.05) is 0 Å². The molecule has 7 heteroatoms. The van der Waals surface area contributed by atoms with Gasteiger partial charge in [0.2, 0.25) is 0 Å². The number of carbonyl (C=O) groups excluding carboxylic acids is 1. The van der Waals surface area contributed by atoms with Gasteiger partial charge in [0.1, 0.15) is 0 Å². The van der Waals surface area contributed by atoms with Crippen LogP contribution in [-0.4, -0.2) is 33.8 Å². The zero-order chi connectivity index (χ0) is 8.48. The molecule has 0 aromatic carbocycles. The fourth-order valence-electron chi connectivity index (χ4n) is 0.711. The van der Waals surface area contributed by atoms with Gasteiger partial charge in [0, 0.05) is 0 Å². The molecule has 0 bridgehead atoms. The predicted molar refractivity (Wildman–Crippen MR) is 34.6 cm³/mol. The Morgan fingerprint density at radius 3 is 2.73 bits per heavy atom. The third kappa shape index (κ3) is 2.03. The Morgan fingerprint density at radius 2 is 2.36 bits per heavy atom. The average molecular weight is 186 g/mol. The summed E-state index contributed by atoms with van der Waals surface area (Å²) in [6.45, 7) is 0.0431. The number of ether oxygens (including phenoxy) is 1. The highest BCUT2D eigenvalue weighted by molar-refractivity contribution is 8.20. The van der Waals surface area contributed by atoms with Crippen LogP contribution in [0.5, 0.6) is 0 Å². The first-order chi connectivity index (χ1) is 5.05. The molecule has 1 fully saturated rings. The Bertz CT molecular complexity index is 163. The maximum atomic E-state index is 12.5. The number of halogens is 1. The van der Waals surface area contributed by atoms with Crippen LogP contribution in [0.2, 0.25) is 0 Å². The summed E-state index contributed by atoms with van der Waals surface area (Å²) in [4.78, 5) is 9.72. The van der Waals surface area contributed by atoms with Crippen molar-refractivity contribution in [2.45, 2.75) is 12.5 Å². The van der Waals surface area contributed by atoms with Gasteiger partial charge in [-0.1, -0.05) is 0 Å². The summed E-state index contributed by atoms with van der Waals surface area (Å²) in [5.74, 6) is -0.396. The zero-order valence-electron chi connectivity index (χ0n) is 5.34. The van der Waals surface area contributed by atoms with Crippen molar-refractivity contribution in [3.63, 3.8) is 0 Å². The summed E-state index contributed by atoms with van der Waals surface area (Å²) in [5.41, 5.74) is 0. The maximum absolute atomic E-state index is 12.5. The Hall–Kier alpha value is -0.370. The van der Waals surface area contributed by atoms with Gasteiger partial charge < -0.3 is 13.8 Å². The molecule has 0 radical (unpaired) electrons.